The van der Waals surface area contributed by atoms with E-state index >= 15 is 0 Å². The number of hydrogen-bond donors (Lipinski definition) is 3. The van der Waals surface area contributed by atoms with Crippen molar-refractivity contribution in [3.63, 3.8) is 0 Å². The van der Waals surface area contributed by atoms with E-state index in [2.05, 4.69) is 22.0 Å². The Labute approximate surface area is 137 Å². The van der Waals surface area contributed by atoms with Crippen molar-refractivity contribution in [2.24, 2.45) is 0 Å². The van der Waals surface area contributed by atoms with Gasteiger partial charge in [0.15, 0.2) is 0 Å². The first-order valence-electron chi connectivity index (χ1n) is 8.67. The number of benzene rings is 1. The van der Waals surface area contributed by atoms with Crippen molar-refractivity contribution < 1.29 is 9.59 Å². The summed E-state index contributed by atoms with van der Waals surface area (Å²) in [6.07, 6.45) is 9.07. The van der Waals surface area contributed by atoms with Crippen LogP contribution in [0.25, 0.3) is 0 Å². The second-order valence-electron chi connectivity index (χ2n) is 6.55. The predicted molar refractivity (Wildman–Crippen MR) is 90.5 cm³/mol. The molecule has 2 aliphatic rings. The summed E-state index contributed by atoms with van der Waals surface area (Å²) in [5.74, 6) is -0.193. The van der Waals surface area contributed by atoms with Gasteiger partial charge in [0, 0.05) is 11.7 Å². The van der Waals surface area contributed by atoms with E-state index in [-0.39, 0.29) is 24.5 Å². The highest BCUT2D eigenvalue weighted by atomic mass is 16.2. The normalized spacial score (nSPS) is 17.4. The molecule has 0 atom stereocenters. The largest absolute Gasteiger partial charge is 0.335 e. The Hall–Kier alpha value is -2.04. The molecule has 3 N–H and O–H groups in total. The van der Waals surface area contributed by atoms with Gasteiger partial charge in [-0.15, -0.1) is 0 Å². The van der Waals surface area contributed by atoms with Crippen molar-refractivity contribution in [1.82, 2.24) is 10.6 Å². The Bertz CT molecular complexity index is 580. The zero-order valence-corrected chi connectivity index (χ0v) is 13.5. The van der Waals surface area contributed by atoms with Gasteiger partial charge in [-0.05, 0) is 55.4 Å². The van der Waals surface area contributed by atoms with Gasteiger partial charge < -0.3 is 16.0 Å². The summed E-state index contributed by atoms with van der Waals surface area (Å²) in [4.78, 5) is 23.8. The standard InChI is InChI=1S/C18H25N3O2/c22-17(12-19-18(23)21-15-7-2-1-3-8-15)20-16-10-9-13-5-4-6-14(13)11-16/h9-11,15H,1-8,12H2,(H,20,22)(H2,19,21,23). The minimum atomic E-state index is -0.249. The molecule has 0 aromatic heterocycles. The lowest BCUT2D eigenvalue weighted by Gasteiger charge is -2.22. The lowest BCUT2D eigenvalue weighted by molar-refractivity contribution is -0.115. The molecular weight excluding hydrogens is 290 g/mol. The maximum absolute atomic E-state index is 12.0. The minimum absolute atomic E-state index is 0.00433. The molecule has 3 rings (SSSR count). The minimum Gasteiger partial charge on any atom is -0.335 e. The molecule has 2 aliphatic carbocycles. The van der Waals surface area contributed by atoms with Crippen molar-refractivity contribution >= 4 is 17.6 Å². The van der Waals surface area contributed by atoms with Gasteiger partial charge in [0.2, 0.25) is 5.91 Å². The predicted octanol–water partition coefficient (Wildman–Crippen LogP) is 2.75. The van der Waals surface area contributed by atoms with E-state index in [1.165, 1.54) is 36.8 Å². The summed E-state index contributed by atoms with van der Waals surface area (Å²) in [6, 6.07) is 6.07. The van der Waals surface area contributed by atoms with Crippen LogP contribution in [0.4, 0.5) is 10.5 Å². The summed E-state index contributed by atoms with van der Waals surface area (Å²) < 4.78 is 0. The van der Waals surface area contributed by atoms with Crippen LogP contribution in [0.1, 0.15) is 49.7 Å². The number of urea groups is 1. The highest BCUT2D eigenvalue weighted by Gasteiger charge is 2.16. The first kappa shape index (κ1) is 15.8. The first-order valence-corrected chi connectivity index (χ1v) is 8.67. The van der Waals surface area contributed by atoms with Crippen LogP contribution >= 0.6 is 0 Å². The Morgan fingerprint density at radius 2 is 1.78 bits per heavy atom. The second kappa shape index (κ2) is 7.49. The number of rotatable bonds is 4. The van der Waals surface area contributed by atoms with Crippen molar-refractivity contribution in [2.45, 2.75) is 57.4 Å². The average molecular weight is 315 g/mol. The second-order valence-corrected chi connectivity index (χ2v) is 6.55. The van der Waals surface area contributed by atoms with Crippen LogP contribution in [0, 0.1) is 0 Å². The third kappa shape index (κ3) is 4.47. The van der Waals surface area contributed by atoms with Gasteiger partial charge in [-0.25, -0.2) is 4.79 Å². The topological polar surface area (TPSA) is 70.2 Å². The summed E-state index contributed by atoms with van der Waals surface area (Å²) in [5, 5.41) is 8.43. The number of anilines is 1. The molecule has 0 saturated heterocycles. The Kier molecular flexibility index (Phi) is 5.16. The molecule has 124 valence electrons. The van der Waals surface area contributed by atoms with E-state index in [1.807, 2.05) is 12.1 Å². The van der Waals surface area contributed by atoms with Gasteiger partial charge in [0.1, 0.15) is 0 Å². The molecule has 0 unspecified atom stereocenters. The fraction of sp³-hybridized carbons (Fsp3) is 0.556. The number of amides is 3. The third-order valence-corrected chi connectivity index (χ3v) is 4.73. The maximum atomic E-state index is 12.0. The van der Waals surface area contributed by atoms with Gasteiger partial charge in [0.05, 0.1) is 6.54 Å². The van der Waals surface area contributed by atoms with Crippen LogP contribution in [-0.2, 0) is 17.6 Å². The summed E-state index contributed by atoms with van der Waals surface area (Å²) >= 11 is 0. The molecule has 0 bridgehead atoms. The molecule has 5 nitrogen and oxygen atoms in total. The zero-order valence-electron chi connectivity index (χ0n) is 13.5. The molecule has 0 spiro atoms. The highest BCUT2D eigenvalue weighted by Crippen LogP contribution is 2.24. The smallest absolute Gasteiger partial charge is 0.315 e. The molecule has 0 radical (unpaired) electrons. The number of carbonyl (C=O) groups is 2. The van der Waals surface area contributed by atoms with E-state index in [9.17, 15) is 9.59 Å². The molecule has 23 heavy (non-hydrogen) atoms. The van der Waals surface area contributed by atoms with Gasteiger partial charge in [-0.3, -0.25) is 4.79 Å². The van der Waals surface area contributed by atoms with Crippen molar-refractivity contribution in [2.75, 3.05) is 11.9 Å². The van der Waals surface area contributed by atoms with Gasteiger partial charge >= 0.3 is 6.03 Å². The molecule has 1 fully saturated rings. The van der Waals surface area contributed by atoms with E-state index in [4.69, 9.17) is 0 Å². The van der Waals surface area contributed by atoms with Crippen molar-refractivity contribution in [3.05, 3.63) is 29.3 Å². The molecule has 0 aliphatic heterocycles. The van der Waals surface area contributed by atoms with Crippen LogP contribution in [0.5, 0.6) is 0 Å². The SMILES string of the molecule is O=C(CNC(=O)NC1CCCCC1)Nc1ccc2c(c1)CCC2. The van der Waals surface area contributed by atoms with Gasteiger partial charge in [0.25, 0.3) is 0 Å². The number of aryl methyl sites for hydroxylation is 2. The summed E-state index contributed by atoms with van der Waals surface area (Å²) in [5.41, 5.74) is 3.52. The number of hydrogen-bond acceptors (Lipinski definition) is 2. The van der Waals surface area contributed by atoms with E-state index in [1.54, 1.807) is 0 Å². The van der Waals surface area contributed by atoms with Crippen LogP contribution in [0.2, 0.25) is 0 Å². The van der Waals surface area contributed by atoms with Crippen LogP contribution in [-0.4, -0.2) is 24.5 Å². The Balaban J connectivity index is 1.41. The van der Waals surface area contributed by atoms with Gasteiger partial charge in [-0.2, -0.15) is 0 Å². The molecular formula is C18H25N3O2. The number of fused-ring (bicyclic) bond motifs is 1. The van der Waals surface area contributed by atoms with E-state index in [0.29, 0.717) is 0 Å². The third-order valence-electron chi connectivity index (χ3n) is 4.73. The molecule has 1 aromatic carbocycles. The fourth-order valence-electron chi connectivity index (χ4n) is 3.50. The lowest BCUT2D eigenvalue weighted by atomic mass is 9.96. The number of carbonyl (C=O) groups excluding carboxylic acids is 2. The van der Waals surface area contributed by atoms with E-state index in [0.717, 1.165) is 31.4 Å². The van der Waals surface area contributed by atoms with Crippen molar-refractivity contribution in [3.8, 4) is 0 Å². The Morgan fingerprint density at radius 3 is 2.61 bits per heavy atom. The molecule has 1 aromatic rings. The number of nitrogens with one attached hydrogen (secondary N) is 3. The maximum Gasteiger partial charge on any atom is 0.315 e. The summed E-state index contributed by atoms with van der Waals surface area (Å²) in [7, 11) is 0. The zero-order chi connectivity index (χ0) is 16.1. The Morgan fingerprint density at radius 1 is 1.00 bits per heavy atom. The highest BCUT2D eigenvalue weighted by molar-refractivity contribution is 5.94. The molecule has 3 amide bonds. The lowest BCUT2D eigenvalue weighted by Crippen LogP contribution is -2.45. The monoisotopic (exact) mass is 315 g/mol. The first-order chi connectivity index (χ1) is 11.2. The quantitative estimate of drug-likeness (QED) is 0.799. The molecule has 0 heterocycles. The average Bonchev–Trinajstić information content (AvgIpc) is 3.01. The summed E-state index contributed by atoms with van der Waals surface area (Å²) in [6.45, 7) is -0.00433. The molecule has 1 saturated carbocycles. The molecule has 5 heteroatoms. The van der Waals surface area contributed by atoms with E-state index < -0.39 is 0 Å². The fourth-order valence-corrected chi connectivity index (χ4v) is 3.50. The van der Waals surface area contributed by atoms with Crippen LogP contribution in [0.3, 0.4) is 0 Å². The van der Waals surface area contributed by atoms with Gasteiger partial charge in [-0.1, -0.05) is 25.3 Å². The van der Waals surface area contributed by atoms with Crippen LogP contribution < -0.4 is 16.0 Å². The van der Waals surface area contributed by atoms with Crippen LogP contribution in [0.15, 0.2) is 18.2 Å². The van der Waals surface area contributed by atoms with Crippen molar-refractivity contribution in [1.29, 1.82) is 0 Å².